The minimum atomic E-state index is -4.59. The van der Waals surface area contributed by atoms with Crippen LogP contribution in [0, 0.1) is 0 Å². The number of methoxy groups -OCH3 is 1. The summed E-state index contributed by atoms with van der Waals surface area (Å²) in [4.78, 5) is 19.9. The van der Waals surface area contributed by atoms with E-state index in [9.17, 15) is 18.0 Å². The van der Waals surface area contributed by atoms with Crippen LogP contribution in [0.4, 0.5) is 13.2 Å². The summed E-state index contributed by atoms with van der Waals surface area (Å²) in [5.41, 5.74) is -1.36. The van der Waals surface area contributed by atoms with Crippen LogP contribution in [0.2, 0.25) is 0 Å². The van der Waals surface area contributed by atoms with Crippen molar-refractivity contribution < 1.29 is 22.7 Å². The lowest BCUT2D eigenvalue weighted by atomic mass is 10.1. The number of aryl methyl sites for hydroxylation is 1. The minimum absolute atomic E-state index is 0.256. The highest BCUT2D eigenvalue weighted by molar-refractivity contribution is 5.92. The summed E-state index contributed by atoms with van der Waals surface area (Å²) >= 11 is 0. The maximum atomic E-state index is 12.7. The Morgan fingerprint density at radius 2 is 2.20 bits per heavy atom. The van der Waals surface area contributed by atoms with Crippen LogP contribution < -0.4 is 5.32 Å². The summed E-state index contributed by atoms with van der Waals surface area (Å²) in [5, 5.41) is 6.99. The third-order valence-electron chi connectivity index (χ3n) is 3.78. The van der Waals surface area contributed by atoms with Gasteiger partial charge in [-0.3, -0.25) is 4.79 Å². The van der Waals surface area contributed by atoms with Gasteiger partial charge in [-0.05, 0) is 18.6 Å². The Morgan fingerprint density at radius 3 is 2.92 bits per heavy atom. The van der Waals surface area contributed by atoms with Gasteiger partial charge in [-0.2, -0.15) is 18.3 Å². The zero-order valence-corrected chi connectivity index (χ0v) is 13.4. The van der Waals surface area contributed by atoms with E-state index in [0.29, 0.717) is 31.8 Å². The number of halogens is 3. The molecule has 0 bridgehead atoms. The van der Waals surface area contributed by atoms with Gasteiger partial charge < -0.3 is 10.1 Å². The van der Waals surface area contributed by atoms with Crippen molar-refractivity contribution in [1.29, 1.82) is 0 Å². The Morgan fingerprint density at radius 1 is 1.40 bits per heavy atom. The lowest BCUT2D eigenvalue weighted by Crippen LogP contribution is -2.41. The number of alkyl halides is 3. The Kier molecular flexibility index (Phi) is 4.71. The normalized spacial score (nSPS) is 17.2. The van der Waals surface area contributed by atoms with E-state index in [-0.39, 0.29) is 11.7 Å². The van der Waals surface area contributed by atoms with Crippen LogP contribution in [0.25, 0.3) is 0 Å². The molecular formula is C15H16F3N5O2. The second-order valence-corrected chi connectivity index (χ2v) is 5.67. The van der Waals surface area contributed by atoms with E-state index >= 15 is 0 Å². The first-order valence-corrected chi connectivity index (χ1v) is 7.63. The van der Waals surface area contributed by atoms with Gasteiger partial charge in [0.25, 0.3) is 5.91 Å². The number of carbonyl (C=O) groups is 1. The van der Waals surface area contributed by atoms with Crippen LogP contribution >= 0.6 is 0 Å². The maximum absolute atomic E-state index is 12.7. The van der Waals surface area contributed by atoms with Crippen LogP contribution in [-0.2, 0) is 30.5 Å². The van der Waals surface area contributed by atoms with E-state index in [1.165, 1.54) is 6.07 Å². The van der Waals surface area contributed by atoms with Gasteiger partial charge in [0.1, 0.15) is 23.8 Å². The number of ether oxygens (including phenoxy) is 1. The van der Waals surface area contributed by atoms with Crippen molar-refractivity contribution in [2.24, 2.45) is 0 Å². The number of hydrogen-bond acceptors (Lipinski definition) is 5. The van der Waals surface area contributed by atoms with Crippen LogP contribution in [0.3, 0.4) is 0 Å². The molecule has 1 unspecified atom stereocenters. The number of aromatic nitrogens is 4. The Labute approximate surface area is 141 Å². The molecule has 0 fully saturated rings. The predicted octanol–water partition coefficient (Wildman–Crippen LogP) is 1.58. The number of nitrogens with zero attached hydrogens (tertiary/aromatic N) is 4. The van der Waals surface area contributed by atoms with Gasteiger partial charge >= 0.3 is 6.18 Å². The standard InChI is InChI=1S/C15H16F3N5O2/c1-25-8-12-21-13-6-5-9(7-23(13)22-12)19-14(24)10-3-2-4-11(20-10)15(16,17)18/h2-4,9H,5-8H2,1H3,(H,19,24). The molecule has 1 N–H and O–H groups in total. The molecule has 25 heavy (non-hydrogen) atoms. The molecule has 0 aromatic carbocycles. The summed E-state index contributed by atoms with van der Waals surface area (Å²) < 4.78 is 44.8. The molecule has 0 aliphatic carbocycles. The molecule has 134 valence electrons. The fraction of sp³-hybridized carbons (Fsp3) is 0.467. The van der Waals surface area contributed by atoms with Gasteiger partial charge in [0.15, 0.2) is 5.82 Å². The van der Waals surface area contributed by atoms with E-state index in [1.54, 1.807) is 11.8 Å². The third-order valence-corrected chi connectivity index (χ3v) is 3.78. The van der Waals surface area contributed by atoms with E-state index in [0.717, 1.165) is 18.0 Å². The molecule has 2 aromatic rings. The van der Waals surface area contributed by atoms with Gasteiger partial charge in [0.05, 0.1) is 6.54 Å². The number of nitrogens with one attached hydrogen (secondary N) is 1. The average molecular weight is 355 g/mol. The van der Waals surface area contributed by atoms with Crippen molar-refractivity contribution in [3.05, 3.63) is 41.2 Å². The highest BCUT2D eigenvalue weighted by atomic mass is 19.4. The zero-order chi connectivity index (χ0) is 18.0. The Balaban J connectivity index is 1.67. The predicted molar refractivity (Wildman–Crippen MR) is 79.5 cm³/mol. The van der Waals surface area contributed by atoms with Gasteiger partial charge in [-0.15, -0.1) is 0 Å². The number of fused-ring (bicyclic) bond motifs is 1. The number of pyridine rings is 1. The smallest absolute Gasteiger partial charge is 0.377 e. The highest BCUT2D eigenvalue weighted by Crippen LogP contribution is 2.27. The van der Waals surface area contributed by atoms with Crippen molar-refractivity contribution in [1.82, 2.24) is 25.1 Å². The average Bonchev–Trinajstić information content (AvgIpc) is 2.96. The molecule has 1 atom stereocenters. The molecule has 1 aliphatic heterocycles. The maximum Gasteiger partial charge on any atom is 0.433 e. The van der Waals surface area contributed by atoms with E-state index in [1.807, 2.05) is 0 Å². The lowest BCUT2D eigenvalue weighted by molar-refractivity contribution is -0.141. The van der Waals surface area contributed by atoms with Gasteiger partial charge in [0, 0.05) is 19.6 Å². The first kappa shape index (κ1) is 17.3. The monoisotopic (exact) mass is 355 g/mol. The lowest BCUT2D eigenvalue weighted by Gasteiger charge is -2.23. The summed E-state index contributed by atoms with van der Waals surface area (Å²) in [5.74, 6) is 0.718. The van der Waals surface area contributed by atoms with Crippen LogP contribution in [0.1, 0.15) is 34.3 Å². The molecule has 7 nitrogen and oxygen atoms in total. The second kappa shape index (κ2) is 6.79. The first-order chi connectivity index (χ1) is 11.9. The van der Waals surface area contributed by atoms with Gasteiger partial charge in [-0.25, -0.2) is 14.6 Å². The fourth-order valence-electron chi connectivity index (χ4n) is 2.65. The number of amides is 1. The largest absolute Gasteiger partial charge is 0.433 e. The van der Waals surface area contributed by atoms with Crippen molar-refractivity contribution in [2.45, 2.75) is 38.2 Å². The molecule has 1 amide bonds. The Hall–Kier alpha value is -2.49. The van der Waals surface area contributed by atoms with Crippen LogP contribution in [0.15, 0.2) is 18.2 Å². The molecule has 0 radical (unpaired) electrons. The van der Waals surface area contributed by atoms with E-state index in [4.69, 9.17) is 4.74 Å². The Bertz CT molecular complexity index is 775. The molecule has 0 spiro atoms. The van der Waals surface area contributed by atoms with Crippen molar-refractivity contribution >= 4 is 5.91 Å². The topological polar surface area (TPSA) is 81.9 Å². The summed E-state index contributed by atoms with van der Waals surface area (Å²) in [7, 11) is 1.55. The molecule has 0 saturated carbocycles. The number of carbonyl (C=O) groups excluding carboxylic acids is 1. The first-order valence-electron chi connectivity index (χ1n) is 7.63. The fourth-order valence-corrected chi connectivity index (χ4v) is 2.65. The zero-order valence-electron chi connectivity index (χ0n) is 13.4. The highest BCUT2D eigenvalue weighted by Gasteiger charge is 2.33. The molecule has 0 saturated heterocycles. The quantitative estimate of drug-likeness (QED) is 0.901. The van der Waals surface area contributed by atoms with E-state index < -0.39 is 17.8 Å². The van der Waals surface area contributed by atoms with Crippen LogP contribution in [-0.4, -0.2) is 38.8 Å². The third kappa shape index (κ3) is 3.95. The van der Waals surface area contributed by atoms with Crippen molar-refractivity contribution in [3.63, 3.8) is 0 Å². The SMILES string of the molecule is COCc1nc2n(n1)CC(NC(=O)c1cccc(C(F)(F)F)n1)CC2. The summed E-state index contributed by atoms with van der Waals surface area (Å²) in [6.45, 7) is 0.696. The summed E-state index contributed by atoms with van der Waals surface area (Å²) in [6, 6.07) is 2.99. The van der Waals surface area contributed by atoms with Gasteiger partial charge in [-0.1, -0.05) is 6.07 Å². The minimum Gasteiger partial charge on any atom is -0.377 e. The van der Waals surface area contributed by atoms with Crippen LogP contribution in [0.5, 0.6) is 0 Å². The molecule has 3 rings (SSSR count). The molecule has 1 aliphatic rings. The molecule has 3 heterocycles. The van der Waals surface area contributed by atoms with Gasteiger partial charge in [0.2, 0.25) is 0 Å². The number of hydrogen-bond donors (Lipinski definition) is 1. The summed E-state index contributed by atoms with van der Waals surface area (Å²) in [6.07, 6.45) is -3.36. The van der Waals surface area contributed by atoms with E-state index in [2.05, 4.69) is 20.4 Å². The molecule has 10 heteroatoms. The van der Waals surface area contributed by atoms with Crippen molar-refractivity contribution in [3.8, 4) is 0 Å². The molecular weight excluding hydrogens is 339 g/mol. The number of rotatable bonds is 4. The molecule has 2 aromatic heterocycles. The second-order valence-electron chi connectivity index (χ2n) is 5.67. The van der Waals surface area contributed by atoms with Crippen molar-refractivity contribution in [2.75, 3.05) is 7.11 Å².